The average molecular weight is 538 g/mol. The van der Waals surface area contributed by atoms with E-state index in [1.165, 1.54) is 12.1 Å². The highest BCUT2D eigenvalue weighted by atomic mass is 35.5. The Kier molecular flexibility index (Phi) is 7.60. The minimum absolute atomic E-state index is 0.0464. The number of amides is 3. The zero-order chi connectivity index (χ0) is 25.2. The number of thioether (sulfide) groups is 1. The van der Waals surface area contributed by atoms with Crippen molar-refractivity contribution in [3.63, 3.8) is 0 Å². The second-order valence-corrected chi connectivity index (χ2v) is 11.2. The number of nitrogens with zero attached hydrogens (tertiary/aromatic N) is 2. The molecule has 3 amide bonds. The third kappa shape index (κ3) is 5.43. The van der Waals surface area contributed by atoms with Crippen LogP contribution in [0.3, 0.4) is 0 Å². The Morgan fingerprint density at radius 3 is 2.60 bits per heavy atom. The van der Waals surface area contributed by atoms with Crippen LogP contribution in [-0.4, -0.2) is 60.4 Å². The molecule has 2 aliphatic rings. The number of benzene rings is 2. The number of rotatable bonds is 7. The summed E-state index contributed by atoms with van der Waals surface area (Å²) in [5.74, 6) is -1.93. The topological polar surface area (TPSA) is 104 Å². The fraction of sp³-hybridized carbons (Fsp3) is 0.261. The molecule has 1 atom stereocenters. The lowest BCUT2D eigenvalue weighted by molar-refractivity contribution is -0.125. The predicted molar refractivity (Wildman–Crippen MR) is 130 cm³/mol. The van der Waals surface area contributed by atoms with Crippen LogP contribution in [0.25, 0.3) is 6.08 Å². The van der Waals surface area contributed by atoms with Crippen LogP contribution in [0.1, 0.15) is 18.4 Å². The van der Waals surface area contributed by atoms with E-state index in [1.54, 1.807) is 30.3 Å². The van der Waals surface area contributed by atoms with Crippen molar-refractivity contribution in [3.05, 3.63) is 69.8 Å². The van der Waals surface area contributed by atoms with Crippen molar-refractivity contribution in [1.82, 2.24) is 14.5 Å². The minimum atomic E-state index is -4.20. The Bertz CT molecular complexity index is 1300. The van der Waals surface area contributed by atoms with Gasteiger partial charge in [0.2, 0.25) is 15.9 Å². The molecule has 2 aromatic carbocycles. The molecule has 184 valence electrons. The maximum atomic E-state index is 14.1. The molecular formula is C23H21ClFN3O5S2. The van der Waals surface area contributed by atoms with Gasteiger partial charge in [-0.15, -0.1) is 0 Å². The lowest BCUT2D eigenvalue weighted by Gasteiger charge is -2.24. The summed E-state index contributed by atoms with van der Waals surface area (Å²) in [7, 11) is -4.20. The van der Waals surface area contributed by atoms with Crippen LogP contribution in [-0.2, 0) is 19.6 Å². The zero-order valence-corrected chi connectivity index (χ0v) is 20.7. The van der Waals surface area contributed by atoms with Gasteiger partial charge >= 0.3 is 0 Å². The molecule has 0 bridgehead atoms. The second-order valence-electron chi connectivity index (χ2n) is 7.88. The van der Waals surface area contributed by atoms with Crippen LogP contribution in [0.5, 0.6) is 0 Å². The molecule has 0 aliphatic carbocycles. The van der Waals surface area contributed by atoms with Gasteiger partial charge in [-0.1, -0.05) is 35.9 Å². The summed E-state index contributed by atoms with van der Waals surface area (Å²) in [6, 6.07) is 10.8. The van der Waals surface area contributed by atoms with E-state index in [0.29, 0.717) is 17.0 Å². The molecule has 12 heteroatoms. The van der Waals surface area contributed by atoms with E-state index in [0.717, 1.165) is 33.1 Å². The fourth-order valence-electron chi connectivity index (χ4n) is 3.88. The molecule has 0 aromatic heterocycles. The Hall–Kier alpha value is -2.73. The van der Waals surface area contributed by atoms with Crippen molar-refractivity contribution in [3.8, 4) is 0 Å². The van der Waals surface area contributed by atoms with Crippen LogP contribution in [0.2, 0.25) is 5.02 Å². The smallest absolute Gasteiger partial charge is 0.293 e. The Balaban J connectivity index is 1.37. The first-order valence-electron chi connectivity index (χ1n) is 10.7. The van der Waals surface area contributed by atoms with Gasteiger partial charge in [0.15, 0.2) is 0 Å². The molecule has 2 aliphatic heterocycles. The Morgan fingerprint density at radius 2 is 1.89 bits per heavy atom. The van der Waals surface area contributed by atoms with Crippen molar-refractivity contribution < 1.29 is 27.2 Å². The van der Waals surface area contributed by atoms with E-state index in [1.807, 2.05) is 0 Å². The molecule has 0 saturated carbocycles. The number of imide groups is 1. The highest BCUT2D eigenvalue weighted by Gasteiger charge is 2.40. The summed E-state index contributed by atoms with van der Waals surface area (Å²) in [5, 5.41) is 2.69. The van der Waals surface area contributed by atoms with Gasteiger partial charge < -0.3 is 5.32 Å². The van der Waals surface area contributed by atoms with Crippen molar-refractivity contribution in [2.24, 2.45) is 0 Å². The van der Waals surface area contributed by atoms with Gasteiger partial charge in [-0.25, -0.2) is 12.8 Å². The maximum Gasteiger partial charge on any atom is 0.293 e. The van der Waals surface area contributed by atoms with Gasteiger partial charge in [0.1, 0.15) is 16.8 Å². The number of nitrogens with one attached hydrogen (secondary N) is 1. The monoisotopic (exact) mass is 537 g/mol. The van der Waals surface area contributed by atoms with E-state index < -0.39 is 43.8 Å². The number of sulfonamides is 1. The first-order chi connectivity index (χ1) is 16.7. The molecule has 2 fully saturated rings. The van der Waals surface area contributed by atoms with Gasteiger partial charge in [0, 0.05) is 24.7 Å². The SMILES string of the molecule is O=C(NCCN1C(=O)S/C(=C/c2ccc(Cl)cc2)C1=O)C1CCCN1S(=O)(=O)c1ccccc1F. The summed E-state index contributed by atoms with van der Waals surface area (Å²) < 4.78 is 41.0. The summed E-state index contributed by atoms with van der Waals surface area (Å²) >= 11 is 6.66. The highest BCUT2D eigenvalue weighted by molar-refractivity contribution is 8.18. The predicted octanol–water partition coefficient (Wildman–Crippen LogP) is 3.48. The third-order valence-electron chi connectivity index (χ3n) is 5.61. The molecule has 2 saturated heterocycles. The first-order valence-corrected chi connectivity index (χ1v) is 13.4. The van der Waals surface area contributed by atoms with E-state index in [9.17, 15) is 27.2 Å². The summed E-state index contributed by atoms with van der Waals surface area (Å²) in [6.07, 6.45) is 2.32. The molecule has 1 unspecified atom stereocenters. The van der Waals surface area contributed by atoms with Crippen molar-refractivity contribution in [1.29, 1.82) is 0 Å². The molecule has 2 aromatic rings. The average Bonchev–Trinajstić information content (AvgIpc) is 3.42. The van der Waals surface area contributed by atoms with Gasteiger partial charge in [-0.3, -0.25) is 19.3 Å². The van der Waals surface area contributed by atoms with Crippen LogP contribution in [0.4, 0.5) is 9.18 Å². The minimum Gasteiger partial charge on any atom is -0.353 e. The Labute approximate surface area is 211 Å². The van der Waals surface area contributed by atoms with Gasteiger partial charge in [-0.05, 0) is 60.5 Å². The molecule has 8 nitrogen and oxygen atoms in total. The van der Waals surface area contributed by atoms with Gasteiger partial charge in [0.25, 0.3) is 11.1 Å². The number of carbonyl (C=O) groups excluding carboxylic acids is 3. The lowest BCUT2D eigenvalue weighted by Crippen LogP contribution is -2.47. The number of hydrogen-bond acceptors (Lipinski definition) is 6. The van der Waals surface area contributed by atoms with Crippen LogP contribution < -0.4 is 5.32 Å². The fourth-order valence-corrected chi connectivity index (χ4v) is 6.60. The Morgan fingerprint density at radius 1 is 1.17 bits per heavy atom. The summed E-state index contributed by atoms with van der Waals surface area (Å²) in [6.45, 7) is -0.0241. The normalized spacial score (nSPS) is 20.1. The van der Waals surface area contributed by atoms with Crippen LogP contribution in [0.15, 0.2) is 58.3 Å². The molecule has 4 rings (SSSR count). The maximum absolute atomic E-state index is 14.1. The summed E-state index contributed by atoms with van der Waals surface area (Å²) in [4.78, 5) is 38.5. The van der Waals surface area contributed by atoms with Gasteiger partial charge in [0.05, 0.1) is 4.91 Å². The second kappa shape index (κ2) is 10.5. The molecule has 1 N–H and O–H groups in total. The van der Waals surface area contributed by atoms with Crippen molar-refractivity contribution >= 4 is 56.5 Å². The van der Waals surface area contributed by atoms with E-state index in [-0.39, 0.29) is 31.0 Å². The lowest BCUT2D eigenvalue weighted by atomic mass is 10.2. The van der Waals surface area contributed by atoms with E-state index in [4.69, 9.17) is 11.6 Å². The van der Waals surface area contributed by atoms with E-state index >= 15 is 0 Å². The zero-order valence-electron chi connectivity index (χ0n) is 18.3. The molecule has 35 heavy (non-hydrogen) atoms. The third-order valence-corrected chi connectivity index (χ3v) is 8.71. The first kappa shape index (κ1) is 25.4. The number of hydrogen-bond donors (Lipinski definition) is 1. The van der Waals surface area contributed by atoms with Crippen molar-refractivity contribution in [2.45, 2.75) is 23.8 Å². The highest BCUT2D eigenvalue weighted by Crippen LogP contribution is 2.32. The summed E-state index contributed by atoms with van der Waals surface area (Å²) in [5.41, 5.74) is 0.714. The van der Waals surface area contributed by atoms with Crippen LogP contribution in [0, 0.1) is 5.82 Å². The molecule has 0 radical (unpaired) electrons. The number of halogens is 2. The molecule has 2 heterocycles. The van der Waals surface area contributed by atoms with E-state index in [2.05, 4.69) is 5.32 Å². The largest absolute Gasteiger partial charge is 0.353 e. The quantitative estimate of drug-likeness (QED) is 0.542. The standard InChI is InChI=1S/C23H21ClFN3O5S2/c24-16-9-7-15(8-10-16)14-19-22(30)27(23(31)34-19)13-11-26-21(29)18-5-3-12-28(18)35(32,33)20-6-2-1-4-17(20)25/h1-2,4,6-10,14,18H,3,5,11-13H2,(H,26,29)/b19-14+. The molecular weight excluding hydrogens is 517 g/mol. The van der Waals surface area contributed by atoms with Gasteiger partial charge in [-0.2, -0.15) is 4.31 Å². The van der Waals surface area contributed by atoms with Crippen LogP contribution >= 0.6 is 23.4 Å². The number of carbonyl (C=O) groups is 3. The van der Waals surface area contributed by atoms with Crippen molar-refractivity contribution in [2.75, 3.05) is 19.6 Å². The molecule has 0 spiro atoms.